The fourth-order valence-electron chi connectivity index (χ4n) is 1.56. The Bertz CT molecular complexity index is 220. The number of carbonyl (C=O) groups excluding carboxylic acids is 1. The Balaban J connectivity index is 2.49. The molecule has 3 heteroatoms. The summed E-state index contributed by atoms with van der Waals surface area (Å²) in [6, 6.07) is 0.412. The minimum atomic E-state index is -0.386. The summed E-state index contributed by atoms with van der Waals surface area (Å²) in [5.41, 5.74) is -0.386. The number of amides is 1. The highest BCUT2D eigenvalue weighted by Gasteiger charge is 2.41. The van der Waals surface area contributed by atoms with Crippen LogP contribution in [0.2, 0.25) is 0 Å². The number of ether oxygens (including phenoxy) is 1. The minimum Gasteiger partial charge on any atom is -0.444 e. The van der Waals surface area contributed by atoms with Crippen LogP contribution >= 0.6 is 0 Å². The molecule has 14 heavy (non-hydrogen) atoms. The molecule has 0 aliphatic heterocycles. The highest BCUT2D eigenvalue weighted by Crippen LogP contribution is 2.35. The van der Waals surface area contributed by atoms with Gasteiger partial charge in [-0.25, -0.2) is 4.79 Å². The van der Waals surface area contributed by atoms with Gasteiger partial charge in [-0.15, -0.1) is 0 Å². The molecule has 1 aliphatic carbocycles. The molecule has 1 fully saturated rings. The maximum atomic E-state index is 11.7. The van der Waals surface area contributed by atoms with Gasteiger partial charge >= 0.3 is 6.09 Å². The lowest BCUT2D eigenvalue weighted by atomic mass is 10.2. The third-order valence-corrected chi connectivity index (χ3v) is 2.44. The lowest BCUT2D eigenvalue weighted by molar-refractivity contribution is 0.0236. The summed E-state index contributed by atoms with van der Waals surface area (Å²) in [7, 11) is 0. The van der Waals surface area contributed by atoms with Gasteiger partial charge in [0.05, 0.1) is 0 Å². The van der Waals surface area contributed by atoms with Crippen LogP contribution in [0.1, 0.15) is 41.0 Å². The molecule has 0 aromatic carbocycles. The molecular weight excluding hydrogens is 178 g/mol. The second-order valence-electron chi connectivity index (χ2n) is 5.05. The molecule has 82 valence electrons. The molecule has 1 amide bonds. The number of nitrogens with zero attached hydrogens (tertiary/aromatic N) is 1. The van der Waals surface area contributed by atoms with Crippen molar-refractivity contribution in [3.63, 3.8) is 0 Å². The van der Waals surface area contributed by atoms with Gasteiger partial charge in [-0.05, 0) is 40.0 Å². The van der Waals surface area contributed by atoms with E-state index in [0.29, 0.717) is 12.0 Å². The van der Waals surface area contributed by atoms with Crippen LogP contribution in [0.3, 0.4) is 0 Å². The second-order valence-corrected chi connectivity index (χ2v) is 5.05. The van der Waals surface area contributed by atoms with Gasteiger partial charge in [0, 0.05) is 12.6 Å². The van der Waals surface area contributed by atoms with Gasteiger partial charge < -0.3 is 9.64 Å². The highest BCUT2D eigenvalue weighted by molar-refractivity contribution is 5.69. The predicted molar refractivity (Wildman–Crippen MR) is 56.2 cm³/mol. The fraction of sp³-hybridized carbons (Fsp3) is 0.909. The lowest BCUT2D eigenvalue weighted by Crippen LogP contribution is -2.38. The van der Waals surface area contributed by atoms with Crippen molar-refractivity contribution in [1.82, 2.24) is 4.90 Å². The molecule has 0 bridgehead atoms. The summed E-state index contributed by atoms with van der Waals surface area (Å²) in [5.74, 6) is 0.641. The molecule has 1 aliphatic rings. The molecule has 0 aromatic heterocycles. The molecule has 1 saturated carbocycles. The molecule has 0 heterocycles. The number of hydrogen-bond donors (Lipinski definition) is 0. The van der Waals surface area contributed by atoms with Gasteiger partial charge in [-0.1, -0.05) is 6.92 Å². The van der Waals surface area contributed by atoms with Crippen LogP contribution in [0.25, 0.3) is 0 Å². The van der Waals surface area contributed by atoms with Gasteiger partial charge in [-0.3, -0.25) is 0 Å². The van der Waals surface area contributed by atoms with Crippen molar-refractivity contribution in [3.05, 3.63) is 0 Å². The summed E-state index contributed by atoms with van der Waals surface area (Å²) in [5, 5.41) is 0. The first kappa shape index (κ1) is 11.3. The SMILES string of the molecule is CCN(C(=O)OC(C)(C)C)C1CC1C. The van der Waals surface area contributed by atoms with Gasteiger partial charge in [0.15, 0.2) is 0 Å². The summed E-state index contributed by atoms with van der Waals surface area (Å²) in [4.78, 5) is 13.5. The van der Waals surface area contributed by atoms with Crippen molar-refractivity contribution >= 4 is 6.09 Å². The minimum absolute atomic E-state index is 0.172. The van der Waals surface area contributed by atoms with Gasteiger partial charge in [0.1, 0.15) is 5.60 Å². The van der Waals surface area contributed by atoms with Crippen LogP contribution in [0.4, 0.5) is 4.79 Å². The topological polar surface area (TPSA) is 29.5 Å². The van der Waals surface area contributed by atoms with E-state index in [0.717, 1.165) is 13.0 Å². The molecule has 2 unspecified atom stereocenters. The van der Waals surface area contributed by atoms with Crippen molar-refractivity contribution < 1.29 is 9.53 Å². The predicted octanol–water partition coefficient (Wildman–Crippen LogP) is 2.65. The Kier molecular flexibility index (Phi) is 3.07. The molecule has 0 aromatic rings. The van der Waals surface area contributed by atoms with E-state index in [2.05, 4.69) is 6.92 Å². The maximum absolute atomic E-state index is 11.7. The number of carbonyl (C=O) groups is 1. The van der Waals surface area contributed by atoms with Crippen LogP contribution in [-0.4, -0.2) is 29.2 Å². The zero-order valence-corrected chi connectivity index (χ0v) is 9.83. The third kappa shape index (κ3) is 2.89. The Labute approximate surface area is 86.4 Å². The van der Waals surface area contributed by atoms with E-state index in [-0.39, 0.29) is 11.7 Å². The first-order valence-electron chi connectivity index (χ1n) is 5.34. The summed E-state index contributed by atoms with van der Waals surface area (Å²) in [6.07, 6.45) is 0.946. The number of hydrogen-bond acceptors (Lipinski definition) is 2. The van der Waals surface area contributed by atoms with E-state index >= 15 is 0 Å². The fourth-order valence-corrected chi connectivity index (χ4v) is 1.56. The Morgan fingerprint density at radius 3 is 2.29 bits per heavy atom. The van der Waals surface area contributed by atoms with Crippen molar-refractivity contribution in [2.75, 3.05) is 6.54 Å². The molecule has 2 atom stereocenters. The monoisotopic (exact) mass is 199 g/mol. The molecule has 1 rings (SSSR count). The normalized spacial score (nSPS) is 25.8. The summed E-state index contributed by atoms with van der Waals surface area (Å²) in [6.45, 7) is 10.6. The Morgan fingerprint density at radius 2 is 2.00 bits per heavy atom. The number of rotatable bonds is 2. The van der Waals surface area contributed by atoms with Gasteiger partial charge in [0.25, 0.3) is 0 Å². The zero-order chi connectivity index (χ0) is 10.9. The first-order chi connectivity index (χ1) is 6.35. The molecule has 0 saturated heterocycles. The van der Waals surface area contributed by atoms with Gasteiger partial charge in [-0.2, -0.15) is 0 Å². The average Bonchev–Trinajstić information content (AvgIpc) is 2.64. The van der Waals surface area contributed by atoms with E-state index in [1.165, 1.54) is 0 Å². The summed E-state index contributed by atoms with van der Waals surface area (Å²) < 4.78 is 5.33. The molecule has 0 spiro atoms. The molecular formula is C11H21NO2. The van der Waals surface area contributed by atoms with E-state index in [1.807, 2.05) is 32.6 Å². The largest absolute Gasteiger partial charge is 0.444 e. The average molecular weight is 199 g/mol. The van der Waals surface area contributed by atoms with E-state index in [4.69, 9.17) is 4.74 Å². The Hall–Kier alpha value is -0.730. The Morgan fingerprint density at radius 1 is 1.50 bits per heavy atom. The standard InChI is InChI=1S/C11H21NO2/c1-6-12(9-7-8(9)2)10(13)14-11(3,4)5/h8-9H,6-7H2,1-5H3. The second kappa shape index (κ2) is 3.79. The van der Waals surface area contributed by atoms with Crippen LogP contribution in [-0.2, 0) is 4.74 Å². The quantitative estimate of drug-likeness (QED) is 0.684. The van der Waals surface area contributed by atoms with Crippen molar-refractivity contribution in [3.8, 4) is 0 Å². The van der Waals surface area contributed by atoms with E-state index in [1.54, 1.807) is 0 Å². The lowest BCUT2D eigenvalue weighted by Gasteiger charge is -2.26. The van der Waals surface area contributed by atoms with Crippen LogP contribution < -0.4 is 0 Å². The zero-order valence-electron chi connectivity index (χ0n) is 9.83. The van der Waals surface area contributed by atoms with Crippen molar-refractivity contribution in [1.29, 1.82) is 0 Å². The third-order valence-electron chi connectivity index (χ3n) is 2.44. The van der Waals surface area contributed by atoms with E-state index < -0.39 is 0 Å². The summed E-state index contributed by atoms with van der Waals surface area (Å²) >= 11 is 0. The highest BCUT2D eigenvalue weighted by atomic mass is 16.6. The van der Waals surface area contributed by atoms with E-state index in [9.17, 15) is 4.79 Å². The molecule has 0 radical (unpaired) electrons. The molecule has 3 nitrogen and oxygen atoms in total. The van der Waals surface area contributed by atoms with Crippen LogP contribution in [0.5, 0.6) is 0 Å². The van der Waals surface area contributed by atoms with Gasteiger partial charge in [0.2, 0.25) is 0 Å². The molecule has 0 N–H and O–H groups in total. The van der Waals surface area contributed by atoms with Crippen LogP contribution in [0.15, 0.2) is 0 Å². The maximum Gasteiger partial charge on any atom is 0.410 e. The van der Waals surface area contributed by atoms with Crippen molar-refractivity contribution in [2.24, 2.45) is 5.92 Å². The van der Waals surface area contributed by atoms with Crippen molar-refractivity contribution in [2.45, 2.75) is 52.7 Å². The smallest absolute Gasteiger partial charge is 0.410 e. The van der Waals surface area contributed by atoms with Crippen LogP contribution in [0, 0.1) is 5.92 Å². The first-order valence-corrected chi connectivity index (χ1v) is 5.34.